The first kappa shape index (κ1) is 19.6. The molecule has 6 nitrogen and oxygen atoms in total. The maximum absolute atomic E-state index is 12.8. The Morgan fingerprint density at radius 1 is 1.03 bits per heavy atom. The topological polar surface area (TPSA) is 54.4 Å². The molecule has 7 heteroatoms. The van der Waals surface area contributed by atoms with Crippen molar-refractivity contribution in [3.05, 3.63) is 70.4 Å². The van der Waals surface area contributed by atoms with Crippen molar-refractivity contribution in [1.29, 1.82) is 0 Å². The molecule has 1 saturated heterocycles. The zero-order valence-electron chi connectivity index (χ0n) is 17.3. The predicted octanol–water partition coefficient (Wildman–Crippen LogP) is 4.79. The van der Waals surface area contributed by atoms with Gasteiger partial charge in [0.15, 0.2) is 5.75 Å². The van der Waals surface area contributed by atoms with Crippen LogP contribution in [0.25, 0.3) is 0 Å². The number of amidine groups is 1. The summed E-state index contributed by atoms with van der Waals surface area (Å²) in [7, 11) is 1.65. The van der Waals surface area contributed by atoms with Crippen LogP contribution in [-0.2, 0) is 0 Å². The molecule has 0 atom stereocenters. The molecule has 1 aromatic heterocycles. The summed E-state index contributed by atoms with van der Waals surface area (Å²) in [6.45, 7) is 2.93. The molecule has 31 heavy (non-hydrogen) atoms. The smallest absolute Gasteiger partial charge is 0.263 e. The number of fused-ring (bicyclic) bond motifs is 2. The molecule has 2 aromatic carbocycles. The number of nitrogens with zero attached hydrogens (tertiary/aromatic N) is 3. The van der Waals surface area contributed by atoms with E-state index in [0.29, 0.717) is 13.1 Å². The largest absolute Gasteiger partial charge is 0.497 e. The van der Waals surface area contributed by atoms with Gasteiger partial charge in [0, 0.05) is 32.2 Å². The highest BCUT2D eigenvalue weighted by Gasteiger charge is 2.27. The van der Waals surface area contributed by atoms with Crippen molar-refractivity contribution in [1.82, 2.24) is 9.80 Å². The second-order valence-electron chi connectivity index (χ2n) is 7.48. The molecule has 3 heterocycles. The lowest BCUT2D eigenvalue weighted by Gasteiger charge is -2.25. The van der Waals surface area contributed by atoms with Gasteiger partial charge in [-0.15, -0.1) is 11.3 Å². The van der Waals surface area contributed by atoms with Gasteiger partial charge < -0.3 is 19.3 Å². The van der Waals surface area contributed by atoms with Crippen molar-refractivity contribution >= 4 is 28.8 Å². The van der Waals surface area contributed by atoms with Crippen molar-refractivity contribution < 1.29 is 14.3 Å². The maximum Gasteiger partial charge on any atom is 0.263 e. The van der Waals surface area contributed by atoms with Crippen LogP contribution < -0.4 is 9.47 Å². The Morgan fingerprint density at radius 2 is 1.94 bits per heavy atom. The first-order valence-corrected chi connectivity index (χ1v) is 11.2. The van der Waals surface area contributed by atoms with E-state index in [1.165, 1.54) is 11.3 Å². The molecular weight excluding hydrogens is 410 g/mol. The zero-order chi connectivity index (χ0) is 21.2. The van der Waals surface area contributed by atoms with Crippen LogP contribution in [0.5, 0.6) is 17.2 Å². The van der Waals surface area contributed by atoms with E-state index in [2.05, 4.69) is 4.90 Å². The Bertz CT molecular complexity index is 1130. The molecule has 2 aliphatic heterocycles. The first-order chi connectivity index (χ1) is 15.2. The van der Waals surface area contributed by atoms with E-state index >= 15 is 0 Å². The van der Waals surface area contributed by atoms with E-state index in [0.717, 1.165) is 58.7 Å². The molecule has 2 aliphatic rings. The fourth-order valence-electron chi connectivity index (χ4n) is 3.96. The number of hydrogen-bond donors (Lipinski definition) is 0. The highest BCUT2D eigenvalue weighted by Crippen LogP contribution is 2.39. The fourth-order valence-corrected chi connectivity index (χ4v) is 4.65. The molecule has 0 spiro atoms. The molecule has 1 fully saturated rings. The van der Waals surface area contributed by atoms with E-state index in [9.17, 15) is 4.79 Å². The molecule has 5 rings (SSSR count). The minimum Gasteiger partial charge on any atom is -0.497 e. The summed E-state index contributed by atoms with van der Waals surface area (Å²) in [5.74, 6) is 3.16. The zero-order valence-corrected chi connectivity index (χ0v) is 18.1. The van der Waals surface area contributed by atoms with E-state index in [1.807, 2.05) is 64.9 Å². The summed E-state index contributed by atoms with van der Waals surface area (Å²) in [6.07, 6.45) is 0.879. The number of hydrogen-bond acceptors (Lipinski definition) is 6. The van der Waals surface area contributed by atoms with Gasteiger partial charge in [-0.1, -0.05) is 18.2 Å². The maximum atomic E-state index is 12.8. The third kappa shape index (κ3) is 3.88. The average molecular weight is 434 g/mol. The molecule has 0 radical (unpaired) electrons. The second kappa shape index (κ2) is 8.43. The van der Waals surface area contributed by atoms with Gasteiger partial charge in [-0.2, -0.15) is 0 Å². The van der Waals surface area contributed by atoms with Crippen molar-refractivity contribution in [3.8, 4) is 17.2 Å². The third-order valence-corrected chi connectivity index (χ3v) is 6.41. The molecule has 0 bridgehead atoms. The van der Waals surface area contributed by atoms with Crippen LogP contribution in [0.2, 0.25) is 0 Å². The molecule has 1 amide bonds. The summed E-state index contributed by atoms with van der Waals surface area (Å²) >= 11 is 1.49. The minimum absolute atomic E-state index is 0.110. The molecule has 0 aliphatic carbocycles. The molecule has 0 N–H and O–H groups in total. The van der Waals surface area contributed by atoms with Crippen LogP contribution in [0.4, 0.5) is 5.69 Å². The van der Waals surface area contributed by atoms with Crippen molar-refractivity contribution in [2.24, 2.45) is 4.99 Å². The fraction of sp³-hybridized carbons (Fsp3) is 0.250. The summed E-state index contributed by atoms with van der Waals surface area (Å²) in [5, 5.41) is 1.94. The van der Waals surface area contributed by atoms with Crippen LogP contribution in [0, 0.1) is 0 Å². The molecular formula is C24H23N3O3S. The van der Waals surface area contributed by atoms with Gasteiger partial charge in [0.25, 0.3) is 5.91 Å². The summed E-state index contributed by atoms with van der Waals surface area (Å²) in [5.41, 5.74) is 1.72. The van der Waals surface area contributed by atoms with Gasteiger partial charge >= 0.3 is 0 Å². The van der Waals surface area contributed by atoms with Crippen LogP contribution in [-0.4, -0.2) is 54.8 Å². The van der Waals surface area contributed by atoms with E-state index in [1.54, 1.807) is 7.11 Å². The number of carbonyl (C=O) groups is 1. The number of ether oxygens (including phenoxy) is 2. The van der Waals surface area contributed by atoms with Gasteiger partial charge in [-0.25, -0.2) is 4.99 Å². The summed E-state index contributed by atoms with van der Waals surface area (Å²) in [4.78, 5) is 22.8. The number of carbonyl (C=O) groups excluding carboxylic acids is 1. The van der Waals surface area contributed by atoms with Gasteiger partial charge in [0.05, 0.1) is 17.6 Å². The van der Waals surface area contributed by atoms with Crippen LogP contribution in [0.3, 0.4) is 0 Å². The number of para-hydroxylation sites is 2. The quantitative estimate of drug-likeness (QED) is 0.583. The lowest BCUT2D eigenvalue weighted by Crippen LogP contribution is -2.37. The SMILES string of the molecule is COc1ccc2c(c1)Oc1ccccc1N=C2N1CCCN(C(=O)c2cccs2)CC1. The average Bonchev–Trinajstić information content (AvgIpc) is 3.15. The van der Waals surface area contributed by atoms with Crippen molar-refractivity contribution in [2.45, 2.75) is 6.42 Å². The molecule has 158 valence electrons. The van der Waals surface area contributed by atoms with E-state index in [-0.39, 0.29) is 5.91 Å². The first-order valence-electron chi connectivity index (χ1n) is 10.3. The number of thiophene rings is 1. The number of aliphatic imine (C=N–C) groups is 1. The van der Waals surface area contributed by atoms with Crippen LogP contribution in [0.1, 0.15) is 21.7 Å². The molecule has 3 aromatic rings. The van der Waals surface area contributed by atoms with E-state index in [4.69, 9.17) is 14.5 Å². The Hall–Kier alpha value is -3.32. The highest BCUT2D eigenvalue weighted by molar-refractivity contribution is 7.12. The van der Waals surface area contributed by atoms with Crippen molar-refractivity contribution in [2.75, 3.05) is 33.3 Å². The van der Waals surface area contributed by atoms with Crippen LogP contribution >= 0.6 is 11.3 Å². The lowest BCUT2D eigenvalue weighted by molar-refractivity contribution is 0.0769. The van der Waals surface area contributed by atoms with E-state index < -0.39 is 0 Å². The van der Waals surface area contributed by atoms with Crippen LogP contribution in [0.15, 0.2) is 65.0 Å². The Labute approximate surface area is 185 Å². The van der Waals surface area contributed by atoms with Crippen molar-refractivity contribution in [3.63, 3.8) is 0 Å². The normalized spacial score (nSPS) is 15.7. The Kier molecular flexibility index (Phi) is 5.34. The summed E-state index contributed by atoms with van der Waals surface area (Å²) in [6, 6.07) is 17.4. The van der Waals surface area contributed by atoms with Gasteiger partial charge in [-0.05, 0) is 42.1 Å². The number of methoxy groups -OCH3 is 1. The Balaban J connectivity index is 1.47. The minimum atomic E-state index is 0.110. The monoisotopic (exact) mass is 433 g/mol. The number of amides is 1. The van der Waals surface area contributed by atoms with Gasteiger partial charge in [0.2, 0.25) is 0 Å². The second-order valence-corrected chi connectivity index (χ2v) is 8.43. The Morgan fingerprint density at radius 3 is 2.77 bits per heavy atom. The standard InChI is InChI=1S/C24H23N3O3S/c1-29-17-9-10-18-21(16-17)30-20-7-3-2-6-19(20)25-23(18)26-11-5-12-27(14-13-26)24(28)22-8-4-15-31-22/h2-4,6-10,15-16H,5,11-14H2,1H3. The third-order valence-electron chi connectivity index (χ3n) is 5.56. The molecule has 0 saturated carbocycles. The predicted molar refractivity (Wildman–Crippen MR) is 122 cm³/mol. The van der Waals surface area contributed by atoms with Gasteiger partial charge in [0.1, 0.15) is 23.0 Å². The lowest BCUT2D eigenvalue weighted by atomic mass is 10.1. The molecule has 0 unspecified atom stereocenters. The van der Waals surface area contributed by atoms with Gasteiger partial charge in [-0.3, -0.25) is 4.79 Å². The summed E-state index contributed by atoms with van der Waals surface area (Å²) < 4.78 is 11.6. The number of rotatable bonds is 2. The number of benzene rings is 2. The highest BCUT2D eigenvalue weighted by atomic mass is 32.1.